The summed E-state index contributed by atoms with van der Waals surface area (Å²) in [6.07, 6.45) is 3.29. The van der Waals surface area contributed by atoms with Gasteiger partial charge in [-0.15, -0.1) is 0 Å². The monoisotopic (exact) mass is 466 g/mol. The number of amides is 1. The highest BCUT2D eigenvalue weighted by Crippen LogP contribution is 2.40. The van der Waals surface area contributed by atoms with Crippen LogP contribution in [0.2, 0.25) is 0 Å². The number of hydrogen-bond donors (Lipinski definition) is 3. The molecule has 3 N–H and O–H groups in total. The second-order valence-corrected chi connectivity index (χ2v) is 10.3. The van der Waals surface area contributed by atoms with E-state index in [1.807, 2.05) is 12.1 Å². The van der Waals surface area contributed by atoms with Crippen LogP contribution >= 0.6 is 0 Å². The van der Waals surface area contributed by atoms with Gasteiger partial charge >= 0.3 is 5.97 Å². The summed E-state index contributed by atoms with van der Waals surface area (Å²) in [4.78, 5) is 24.0. The van der Waals surface area contributed by atoms with Gasteiger partial charge in [-0.2, -0.15) is 0 Å². The van der Waals surface area contributed by atoms with E-state index in [1.165, 1.54) is 6.08 Å². The number of nitrogens with one attached hydrogen (secondary N) is 2. The summed E-state index contributed by atoms with van der Waals surface area (Å²) in [5, 5.41) is 16.9. The van der Waals surface area contributed by atoms with E-state index in [1.54, 1.807) is 37.3 Å². The van der Waals surface area contributed by atoms with Crippen LogP contribution < -0.4 is 10.6 Å². The van der Waals surface area contributed by atoms with E-state index in [2.05, 4.69) is 52.2 Å². The van der Waals surface area contributed by atoms with Crippen LogP contribution in [0.4, 0.5) is 5.69 Å². The molecule has 0 fully saturated rings. The topological polar surface area (TPSA) is 87.7 Å². The Morgan fingerprint density at radius 2 is 1.50 bits per heavy atom. The van der Waals surface area contributed by atoms with Crippen LogP contribution in [0.5, 0.6) is 5.75 Å². The van der Waals surface area contributed by atoms with Crippen molar-refractivity contribution in [2.45, 2.75) is 59.3 Å². The molecule has 2 aromatic rings. The van der Waals surface area contributed by atoms with Gasteiger partial charge in [0.15, 0.2) is 0 Å². The van der Waals surface area contributed by atoms with Crippen molar-refractivity contribution >= 4 is 23.6 Å². The standard InChI is InChI=1S/C28H38N2O4/c1-8-34-26(33)20-10-12-21(13-11-20)29-15-16-30-24(31)14-9-19-17-22(27(2,3)4)25(32)23(18-19)28(5,6)7/h9-14,17-18,29,32H,8,15-16H2,1-7H3,(H,30,31)/b14-9+. The average molecular weight is 467 g/mol. The molecule has 6 heteroatoms. The molecule has 0 saturated heterocycles. The molecule has 6 nitrogen and oxygen atoms in total. The third-order valence-corrected chi connectivity index (χ3v) is 5.32. The van der Waals surface area contributed by atoms with Gasteiger partial charge < -0.3 is 20.5 Å². The normalized spacial score (nSPS) is 12.0. The van der Waals surface area contributed by atoms with Gasteiger partial charge in [0.2, 0.25) is 5.91 Å². The molecule has 0 heterocycles. The summed E-state index contributed by atoms with van der Waals surface area (Å²) in [7, 11) is 0. The third kappa shape index (κ3) is 7.65. The lowest BCUT2D eigenvalue weighted by molar-refractivity contribution is -0.116. The number of carbonyl (C=O) groups is 2. The first-order chi connectivity index (χ1) is 15.8. The molecular weight excluding hydrogens is 428 g/mol. The summed E-state index contributed by atoms with van der Waals surface area (Å²) in [6.45, 7) is 15.5. The maximum absolute atomic E-state index is 12.3. The zero-order valence-electron chi connectivity index (χ0n) is 21.4. The van der Waals surface area contributed by atoms with Crippen molar-refractivity contribution in [3.63, 3.8) is 0 Å². The summed E-state index contributed by atoms with van der Waals surface area (Å²) in [5.41, 5.74) is 3.50. The molecule has 0 aliphatic carbocycles. The number of hydrogen-bond acceptors (Lipinski definition) is 5. The van der Waals surface area contributed by atoms with Crippen molar-refractivity contribution in [2.24, 2.45) is 0 Å². The Morgan fingerprint density at radius 1 is 0.941 bits per heavy atom. The molecule has 0 aromatic heterocycles. The molecule has 0 atom stereocenters. The molecule has 0 bridgehead atoms. The molecular formula is C28H38N2O4. The molecule has 0 aliphatic heterocycles. The van der Waals surface area contributed by atoms with E-state index in [0.717, 1.165) is 22.4 Å². The summed E-state index contributed by atoms with van der Waals surface area (Å²) in [6, 6.07) is 10.9. The van der Waals surface area contributed by atoms with Crippen molar-refractivity contribution in [3.05, 3.63) is 64.7 Å². The number of phenolic OH excluding ortho intramolecular Hbond substituents is 1. The lowest BCUT2D eigenvalue weighted by Gasteiger charge is -2.27. The van der Waals surface area contributed by atoms with E-state index >= 15 is 0 Å². The van der Waals surface area contributed by atoms with Crippen LogP contribution in [0.3, 0.4) is 0 Å². The number of aromatic hydroxyl groups is 1. The van der Waals surface area contributed by atoms with Crippen molar-refractivity contribution in [2.75, 3.05) is 25.0 Å². The number of ether oxygens (including phenoxy) is 1. The van der Waals surface area contributed by atoms with Crippen molar-refractivity contribution < 1.29 is 19.4 Å². The number of esters is 1. The Morgan fingerprint density at radius 3 is 2.00 bits per heavy atom. The summed E-state index contributed by atoms with van der Waals surface area (Å²) < 4.78 is 4.97. The minimum Gasteiger partial charge on any atom is -0.507 e. The lowest BCUT2D eigenvalue weighted by atomic mass is 9.78. The fourth-order valence-corrected chi connectivity index (χ4v) is 3.46. The van der Waals surface area contributed by atoms with Gasteiger partial charge in [0.05, 0.1) is 12.2 Å². The SMILES string of the molecule is CCOC(=O)c1ccc(NCCNC(=O)/C=C/c2cc(C(C)(C)C)c(O)c(C(C)(C)C)c2)cc1. The number of benzene rings is 2. The molecule has 0 saturated carbocycles. The molecule has 34 heavy (non-hydrogen) atoms. The fourth-order valence-electron chi connectivity index (χ4n) is 3.46. The van der Waals surface area contributed by atoms with Crippen LogP contribution in [-0.2, 0) is 20.4 Å². The van der Waals surface area contributed by atoms with Crippen molar-refractivity contribution in [1.82, 2.24) is 5.32 Å². The Labute approximate surface area is 203 Å². The van der Waals surface area contributed by atoms with E-state index in [4.69, 9.17) is 4.74 Å². The first kappa shape index (κ1) is 27.0. The van der Waals surface area contributed by atoms with Gasteiger partial charge in [-0.1, -0.05) is 41.5 Å². The maximum atomic E-state index is 12.3. The predicted octanol–water partition coefficient (Wildman–Crippen LogP) is 5.41. The fraction of sp³-hybridized carbons (Fsp3) is 0.429. The van der Waals surface area contributed by atoms with Crippen LogP contribution in [-0.4, -0.2) is 36.7 Å². The Balaban J connectivity index is 1.96. The minimum atomic E-state index is -0.342. The highest BCUT2D eigenvalue weighted by atomic mass is 16.5. The van der Waals surface area contributed by atoms with Crippen molar-refractivity contribution in [1.29, 1.82) is 0 Å². The van der Waals surface area contributed by atoms with Gasteiger partial charge in [-0.3, -0.25) is 4.79 Å². The highest BCUT2D eigenvalue weighted by molar-refractivity contribution is 5.92. The van der Waals surface area contributed by atoms with Crippen molar-refractivity contribution in [3.8, 4) is 5.75 Å². The second kappa shape index (κ2) is 11.2. The van der Waals surface area contributed by atoms with Gasteiger partial charge in [0.1, 0.15) is 5.75 Å². The maximum Gasteiger partial charge on any atom is 0.338 e. The Hall–Kier alpha value is -3.28. The zero-order valence-corrected chi connectivity index (χ0v) is 21.4. The first-order valence-electron chi connectivity index (χ1n) is 11.7. The quantitative estimate of drug-likeness (QED) is 0.275. The van der Waals surface area contributed by atoms with Gasteiger partial charge in [-0.25, -0.2) is 4.79 Å². The summed E-state index contributed by atoms with van der Waals surface area (Å²) in [5.74, 6) is -0.212. The molecule has 0 unspecified atom stereocenters. The van der Waals surface area contributed by atoms with Crippen LogP contribution in [0.1, 0.15) is 75.5 Å². The summed E-state index contributed by atoms with van der Waals surface area (Å²) >= 11 is 0. The first-order valence-corrected chi connectivity index (χ1v) is 11.7. The van der Waals surface area contributed by atoms with Crippen LogP contribution in [0, 0.1) is 0 Å². The average Bonchev–Trinajstić information content (AvgIpc) is 2.75. The molecule has 2 rings (SSSR count). The number of rotatable bonds is 8. The smallest absolute Gasteiger partial charge is 0.338 e. The van der Waals surface area contributed by atoms with Gasteiger partial charge in [-0.05, 0) is 65.8 Å². The van der Waals surface area contributed by atoms with E-state index in [-0.39, 0.29) is 22.7 Å². The third-order valence-electron chi connectivity index (χ3n) is 5.32. The molecule has 0 spiro atoms. The molecule has 0 radical (unpaired) electrons. The Bertz CT molecular complexity index is 991. The minimum absolute atomic E-state index is 0.192. The van der Waals surface area contributed by atoms with E-state index in [9.17, 15) is 14.7 Å². The molecule has 2 aromatic carbocycles. The van der Waals surface area contributed by atoms with Gasteiger partial charge in [0.25, 0.3) is 0 Å². The lowest BCUT2D eigenvalue weighted by Crippen LogP contribution is -2.27. The highest BCUT2D eigenvalue weighted by Gasteiger charge is 2.26. The zero-order chi connectivity index (χ0) is 25.5. The van der Waals surface area contributed by atoms with Crippen LogP contribution in [0.15, 0.2) is 42.5 Å². The largest absolute Gasteiger partial charge is 0.507 e. The van der Waals surface area contributed by atoms with Gasteiger partial charge in [0, 0.05) is 36.0 Å². The Kier molecular flexibility index (Phi) is 8.91. The second-order valence-electron chi connectivity index (χ2n) is 10.3. The molecule has 0 aliphatic rings. The van der Waals surface area contributed by atoms with E-state index < -0.39 is 0 Å². The predicted molar refractivity (Wildman–Crippen MR) is 138 cm³/mol. The van der Waals surface area contributed by atoms with Crippen LogP contribution in [0.25, 0.3) is 6.08 Å². The molecule has 1 amide bonds. The number of phenols is 1. The number of anilines is 1. The molecule has 184 valence electrons. The number of carbonyl (C=O) groups excluding carboxylic acids is 2. The van der Waals surface area contributed by atoms with E-state index in [0.29, 0.717) is 31.0 Å².